The number of likely N-dealkylation sites (tertiary alicyclic amines) is 1. The number of thiophene rings is 1. The number of morpholine rings is 1. The molecule has 2 saturated heterocycles. The normalized spacial score (nSPS) is 25.0. The molecule has 1 N–H and O–H groups in total. The Labute approximate surface area is 211 Å². The molecule has 2 unspecified atom stereocenters. The van der Waals surface area contributed by atoms with Crippen LogP contribution in [0.1, 0.15) is 24.4 Å². The summed E-state index contributed by atoms with van der Waals surface area (Å²) in [6, 6.07) is 5.38. The number of ether oxygens (including phenoxy) is 1. The summed E-state index contributed by atoms with van der Waals surface area (Å²) in [5.74, 6) is -0.614. The van der Waals surface area contributed by atoms with Gasteiger partial charge in [0.25, 0.3) is 5.69 Å². The summed E-state index contributed by atoms with van der Waals surface area (Å²) in [5, 5.41) is 15.1. The number of nitro groups is 1. The monoisotopic (exact) mass is 509 g/mol. The van der Waals surface area contributed by atoms with E-state index in [4.69, 9.17) is 4.74 Å². The van der Waals surface area contributed by atoms with Crippen molar-refractivity contribution < 1.29 is 19.2 Å². The van der Waals surface area contributed by atoms with E-state index in [1.54, 1.807) is 19.2 Å². The second-order valence-electron chi connectivity index (χ2n) is 10.4. The molecule has 6 rings (SSSR count). The number of hydrogen-bond acceptors (Lipinski definition) is 8. The largest absolute Gasteiger partial charge is 0.374 e. The van der Waals surface area contributed by atoms with Gasteiger partial charge in [0.05, 0.1) is 64.2 Å². The third kappa shape index (κ3) is 3.48. The molecule has 3 aromatic heterocycles. The summed E-state index contributed by atoms with van der Waals surface area (Å²) in [5.41, 5.74) is 2.69. The standard InChI is InChI=1S/C25H27N5O5S/c1-13-18(30(33)34)9-19(28(13)11-14-10-26-6-7-35-14)16-4-5-27-17-8-15(36-22(16)17)12-29-23(31)20-21(24(29)32)25(20,2)3/h4-5,8-9,14,20-21,26H,6-7,10-12H2,1-3H3/t14-,20?,21?/m0/s1. The molecule has 0 aromatic carbocycles. The van der Waals surface area contributed by atoms with Gasteiger partial charge in [0.15, 0.2) is 0 Å². The minimum Gasteiger partial charge on any atom is -0.374 e. The van der Waals surface area contributed by atoms with Crippen LogP contribution < -0.4 is 5.32 Å². The molecule has 1 aliphatic carbocycles. The Bertz CT molecular complexity index is 1400. The molecule has 3 atom stereocenters. The second-order valence-corrected chi connectivity index (χ2v) is 11.5. The molecule has 0 spiro atoms. The lowest BCUT2D eigenvalue weighted by atomic mass is 10.1. The number of fused-ring (bicyclic) bond motifs is 2. The van der Waals surface area contributed by atoms with Gasteiger partial charge in [0.2, 0.25) is 11.8 Å². The van der Waals surface area contributed by atoms with E-state index >= 15 is 0 Å². The molecule has 188 valence electrons. The van der Waals surface area contributed by atoms with Gasteiger partial charge < -0.3 is 14.6 Å². The van der Waals surface area contributed by atoms with Crippen LogP contribution in [0.2, 0.25) is 0 Å². The Morgan fingerprint density at radius 1 is 1.28 bits per heavy atom. The number of hydrogen-bond donors (Lipinski definition) is 1. The zero-order chi connectivity index (χ0) is 25.4. The van der Waals surface area contributed by atoms with E-state index in [0.717, 1.165) is 32.9 Å². The second kappa shape index (κ2) is 8.19. The number of imide groups is 1. The van der Waals surface area contributed by atoms with E-state index < -0.39 is 0 Å². The van der Waals surface area contributed by atoms with Crippen molar-refractivity contribution in [3.63, 3.8) is 0 Å². The van der Waals surface area contributed by atoms with Crippen LogP contribution in [0.5, 0.6) is 0 Å². The van der Waals surface area contributed by atoms with Crippen LogP contribution in [-0.4, -0.2) is 57.0 Å². The lowest BCUT2D eigenvalue weighted by Gasteiger charge is -2.25. The van der Waals surface area contributed by atoms with E-state index in [1.165, 1.54) is 16.2 Å². The molecule has 5 heterocycles. The minimum absolute atomic E-state index is 0.0608. The van der Waals surface area contributed by atoms with Crippen LogP contribution in [0, 0.1) is 34.3 Å². The first-order valence-corrected chi connectivity index (χ1v) is 12.9. The third-order valence-corrected chi connectivity index (χ3v) is 9.01. The molecule has 3 fully saturated rings. The van der Waals surface area contributed by atoms with E-state index in [9.17, 15) is 19.7 Å². The van der Waals surface area contributed by atoms with Gasteiger partial charge in [-0.25, -0.2) is 0 Å². The molecule has 0 radical (unpaired) electrons. The summed E-state index contributed by atoms with van der Waals surface area (Å²) >= 11 is 1.47. The van der Waals surface area contributed by atoms with Crippen LogP contribution in [0.4, 0.5) is 5.69 Å². The van der Waals surface area contributed by atoms with E-state index in [0.29, 0.717) is 25.4 Å². The van der Waals surface area contributed by atoms with Crippen molar-refractivity contribution >= 4 is 39.1 Å². The maximum absolute atomic E-state index is 12.8. The number of nitrogens with one attached hydrogen (secondary N) is 1. The molecule has 10 nitrogen and oxygen atoms in total. The van der Waals surface area contributed by atoms with Crippen molar-refractivity contribution in [2.24, 2.45) is 17.3 Å². The number of carbonyl (C=O) groups is 2. The molecular weight excluding hydrogens is 482 g/mol. The zero-order valence-electron chi connectivity index (χ0n) is 20.3. The predicted molar refractivity (Wildman–Crippen MR) is 133 cm³/mol. The Hall–Kier alpha value is -3.15. The van der Waals surface area contributed by atoms with Gasteiger partial charge in [-0.1, -0.05) is 13.8 Å². The molecule has 3 aromatic rings. The highest BCUT2D eigenvalue weighted by Crippen LogP contribution is 2.63. The quantitative estimate of drug-likeness (QED) is 0.308. The molecule has 2 aliphatic heterocycles. The third-order valence-electron chi connectivity index (χ3n) is 7.87. The van der Waals surface area contributed by atoms with Crippen molar-refractivity contribution in [2.75, 3.05) is 19.7 Å². The SMILES string of the molecule is Cc1c([N+](=O)[O-])cc(-c2ccnc3cc(CN4C(=O)C5C(C4=O)C5(C)C)sc23)n1C[C@@H]1CNCCO1. The number of aromatic nitrogens is 2. The van der Waals surface area contributed by atoms with Crippen LogP contribution in [0.25, 0.3) is 21.5 Å². The zero-order valence-corrected chi connectivity index (χ0v) is 21.1. The highest BCUT2D eigenvalue weighted by atomic mass is 32.1. The molecule has 3 aliphatic rings. The summed E-state index contributed by atoms with van der Waals surface area (Å²) in [6.07, 6.45) is 1.59. The van der Waals surface area contributed by atoms with Crippen LogP contribution in [0.3, 0.4) is 0 Å². The average Bonchev–Trinajstić information content (AvgIpc) is 3.14. The van der Waals surface area contributed by atoms with Gasteiger partial charge >= 0.3 is 0 Å². The van der Waals surface area contributed by atoms with Crippen LogP contribution in [0.15, 0.2) is 24.4 Å². The Morgan fingerprint density at radius 3 is 2.69 bits per heavy atom. The first kappa shape index (κ1) is 23.3. The Kier molecular flexibility index (Phi) is 5.29. The van der Waals surface area contributed by atoms with Crippen LogP contribution in [-0.2, 0) is 27.4 Å². The fraction of sp³-hybridized carbons (Fsp3) is 0.480. The highest BCUT2D eigenvalue weighted by molar-refractivity contribution is 7.19. The van der Waals surface area contributed by atoms with Crippen LogP contribution >= 0.6 is 11.3 Å². The van der Waals surface area contributed by atoms with Gasteiger partial charge in [-0.2, -0.15) is 0 Å². The Morgan fingerprint density at radius 2 is 2.03 bits per heavy atom. The van der Waals surface area contributed by atoms with E-state index in [-0.39, 0.29) is 52.3 Å². The van der Waals surface area contributed by atoms with Gasteiger partial charge in [-0.3, -0.25) is 29.6 Å². The number of carbonyl (C=O) groups excluding carboxylic acids is 2. The van der Waals surface area contributed by atoms with Crippen molar-refractivity contribution in [1.29, 1.82) is 0 Å². The van der Waals surface area contributed by atoms with E-state index in [2.05, 4.69) is 10.3 Å². The summed E-state index contributed by atoms with van der Waals surface area (Å²) in [7, 11) is 0. The lowest BCUT2D eigenvalue weighted by Crippen LogP contribution is -2.41. The van der Waals surface area contributed by atoms with Gasteiger partial charge in [0, 0.05) is 35.8 Å². The van der Waals surface area contributed by atoms with Gasteiger partial charge in [-0.15, -0.1) is 11.3 Å². The molecule has 2 amide bonds. The Balaban J connectivity index is 1.36. The fourth-order valence-electron chi connectivity index (χ4n) is 5.80. The smallest absolute Gasteiger partial charge is 0.290 e. The molecule has 36 heavy (non-hydrogen) atoms. The summed E-state index contributed by atoms with van der Waals surface area (Å²) in [6.45, 7) is 8.47. The maximum Gasteiger partial charge on any atom is 0.290 e. The van der Waals surface area contributed by atoms with E-state index in [1.807, 2.05) is 30.5 Å². The summed E-state index contributed by atoms with van der Waals surface area (Å²) in [4.78, 5) is 43.8. The van der Waals surface area contributed by atoms with Gasteiger partial charge in [-0.05, 0) is 24.5 Å². The molecule has 0 bridgehead atoms. The first-order chi connectivity index (χ1) is 17.2. The number of nitrogens with zero attached hydrogens (tertiary/aromatic N) is 4. The fourth-order valence-corrected chi connectivity index (χ4v) is 6.92. The first-order valence-electron chi connectivity index (χ1n) is 12.1. The maximum atomic E-state index is 12.8. The average molecular weight is 510 g/mol. The predicted octanol–water partition coefficient (Wildman–Crippen LogP) is 3.11. The number of pyridine rings is 1. The minimum atomic E-state index is -0.356. The topological polar surface area (TPSA) is 120 Å². The molecular formula is C25H27N5O5S. The van der Waals surface area contributed by atoms with Crippen molar-refractivity contribution in [1.82, 2.24) is 19.8 Å². The highest BCUT2D eigenvalue weighted by Gasteiger charge is 2.72. The number of piperidine rings is 1. The lowest BCUT2D eigenvalue weighted by molar-refractivity contribution is -0.385. The number of amides is 2. The van der Waals surface area contributed by atoms with Crippen molar-refractivity contribution in [3.05, 3.63) is 45.1 Å². The molecule has 1 saturated carbocycles. The van der Waals surface area contributed by atoms with Gasteiger partial charge in [0.1, 0.15) is 0 Å². The summed E-state index contributed by atoms with van der Waals surface area (Å²) < 4.78 is 8.70. The van der Waals surface area contributed by atoms with Crippen molar-refractivity contribution in [2.45, 2.75) is 40.0 Å². The number of rotatable bonds is 6. The molecule has 11 heteroatoms. The van der Waals surface area contributed by atoms with Crippen molar-refractivity contribution in [3.8, 4) is 11.3 Å².